The van der Waals surface area contributed by atoms with E-state index in [1.54, 1.807) is 0 Å². The van der Waals surface area contributed by atoms with Gasteiger partial charge in [0.15, 0.2) is 0 Å². The average Bonchev–Trinajstić information content (AvgIpc) is 2.53. The Kier molecular flexibility index (Phi) is 3.02. The van der Waals surface area contributed by atoms with Crippen molar-refractivity contribution in [1.29, 1.82) is 0 Å². The van der Waals surface area contributed by atoms with E-state index in [4.69, 9.17) is 0 Å². The monoisotopic (exact) mass is 362 g/mol. The number of likely N-dealkylation sites (tertiary alicyclic amines) is 1. The number of nitrogens with zero attached hydrogens (tertiary/aromatic N) is 1. The molecule has 1 unspecified atom stereocenters. The first-order valence-corrected chi connectivity index (χ1v) is 8.87. The fourth-order valence-corrected chi connectivity index (χ4v) is 7.30. The molecule has 0 aromatic heterocycles. The Morgan fingerprint density at radius 3 is 2.83 bits per heavy atom. The summed E-state index contributed by atoms with van der Waals surface area (Å²) in [7, 11) is 0. The summed E-state index contributed by atoms with van der Waals surface area (Å²) in [5, 5.41) is 0. The molecule has 2 fully saturated rings. The van der Waals surface area contributed by atoms with E-state index in [9.17, 15) is 4.79 Å². The van der Waals surface area contributed by atoms with Crippen LogP contribution in [0.2, 0.25) is 4.08 Å². The van der Waals surface area contributed by atoms with Crippen molar-refractivity contribution in [1.82, 2.24) is 4.90 Å². The van der Waals surface area contributed by atoms with Crippen LogP contribution in [-0.4, -0.2) is 44.6 Å². The molecule has 0 bridgehead atoms. The third-order valence-electron chi connectivity index (χ3n) is 2.61. The third kappa shape index (κ3) is 1.82. The molecule has 0 aromatic rings. The number of rotatable bonds is 1. The van der Waals surface area contributed by atoms with Gasteiger partial charge in [0, 0.05) is 0 Å². The molecule has 2 aliphatic heterocycles. The van der Waals surface area contributed by atoms with Gasteiger partial charge in [0.1, 0.15) is 0 Å². The molecule has 2 rings (SSSR count). The normalized spacial score (nSPS) is 31.2. The van der Waals surface area contributed by atoms with Crippen LogP contribution in [0.5, 0.6) is 0 Å². The van der Waals surface area contributed by atoms with Crippen LogP contribution in [0.1, 0.15) is 32.1 Å². The zero-order valence-electron chi connectivity index (χ0n) is 7.29. The van der Waals surface area contributed by atoms with E-state index in [1.807, 2.05) is 0 Å². The second-order valence-electron chi connectivity index (χ2n) is 3.51. The summed E-state index contributed by atoms with van der Waals surface area (Å²) in [6.07, 6.45) is 6.09. The van der Waals surface area contributed by atoms with Crippen molar-refractivity contribution in [3.05, 3.63) is 0 Å². The van der Waals surface area contributed by atoms with Gasteiger partial charge in [0.25, 0.3) is 0 Å². The van der Waals surface area contributed by atoms with Gasteiger partial charge in [-0.25, -0.2) is 0 Å². The van der Waals surface area contributed by atoms with Crippen LogP contribution in [0.4, 0.5) is 0 Å². The topological polar surface area (TPSA) is 20.3 Å². The van der Waals surface area contributed by atoms with Crippen LogP contribution >= 0.6 is 0 Å². The number of hydrogen-bond acceptors (Lipinski definition) is 1. The molecule has 1 amide bonds. The summed E-state index contributed by atoms with van der Waals surface area (Å²) >= 11 is -0.172. The molecule has 0 aromatic carbocycles. The number of amides is 1. The maximum atomic E-state index is 11.4. The van der Waals surface area contributed by atoms with E-state index in [1.165, 1.54) is 23.3 Å². The first kappa shape index (κ1) is 8.94. The molecule has 2 nitrogen and oxygen atoms in total. The van der Waals surface area contributed by atoms with Crippen LogP contribution in [0.15, 0.2) is 0 Å². The second-order valence-corrected chi connectivity index (χ2v) is 8.51. The zero-order valence-corrected chi connectivity index (χ0v) is 10.5. The fourth-order valence-electron chi connectivity index (χ4n) is 1.94. The van der Waals surface area contributed by atoms with Crippen LogP contribution in [0.3, 0.4) is 0 Å². The molecular weight excluding hydrogens is 347 g/mol. The van der Waals surface area contributed by atoms with Crippen molar-refractivity contribution in [2.45, 2.75) is 39.9 Å². The van der Waals surface area contributed by atoms with E-state index in [2.05, 4.69) is 4.90 Å². The van der Waals surface area contributed by atoms with E-state index in [0.717, 1.165) is 23.1 Å². The van der Waals surface area contributed by atoms with Crippen LogP contribution in [0.25, 0.3) is 0 Å². The van der Waals surface area contributed by atoms with Gasteiger partial charge >= 0.3 is 85.6 Å². The van der Waals surface area contributed by atoms with Crippen molar-refractivity contribution in [2.24, 2.45) is 0 Å². The molecular formula is C9H15NOPo. The summed E-state index contributed by atoms with van der Waals surface area (Å²) in [5.74, 6) is 0.446. The summed E-state index contributed by atoms with van der Waals surface area (Å²) in [5.41, 5.74) is 0. The van der Waals surface area contributed by atoms with Gasteiger partial charge in [-0.2, -0.15) is 0 Å². The van der Waals surface area contributed by atoms with Crippen molar-refractivity contribution in [2.75, 3.05) is 6.54 Å². The van der Waals surface area contributed by atoms with E-state index >= 15 is 0 Å². The minimum atomic E-state index is -0.172. The fraction of sp³-hybridized carbons (Fsp3) is 0.889. The SMILES string of the molecule is O=C1CCCN1[CH]1CCC[CH2][Po]1. The van der Waals surface area contributed by atoms with Crippen molar-refractivity contribution >= 4 is 29.5 Å². The van der Waals surface area contributed by atoms with Crippen LogP contribution in [0, 0.1) is 0 Å². The number of carbonyl (C=O) groups is 1. The Balaban J connectivity index is 1.93. The molecule has 2 heterocycles. The van der Waals surface area contributed by atoms with Gasteiger partial charge in [-0.15, -0.1) is 0 Å². The Morgan fingerprint density at radius 2 is 2.25 bits per heavy atom. The Bertz CT molecular complexity index is 177. The Labute approximate surface area is 85.5 Å². The molecule has 2 saturated heterocycles. The van der Waals surface area contributed by atoms with Crippen LogP contribution < -0.4 is 0 Å². The molecule has 68 valence electrons. The molecule has 0 N–H and O–H groups in total. The zero-order chi connectivity index (χ0) is 8.39. The molecule has 0 spiro atoms. The molecule has 0 radical (unpaired) electrons. The van der Waals surface area contributed by atoms with E-state index < -0.39 is 0 Å². The van der Waals surface area contributed by atoms with Crippen LogP contribution in [-0.2, 0) is 4.79 Å². The predicted octanol–water partition coefficient (Wildman–Crippen LogP) is 1.24. The van der Waals surface area contributed by atoms with Crippen molar-refractivity contribution < 1.29 is 4.79 Å². The second kappa shape index (κ2) is 4.05. The summed E-state index contributed by atoms with van der Waals surface area (Å²) in [6, 6.07) is 0. The number of carbonyl (C=O) groups excluding carboxylic acids is 1. The first-order valence-electron chi connectivity index (χ1n) is 4.79. The third-order valence-corrected chi connectivity index (χ3v) is 8.05. The molecule has 1 atom stereocenters. The van der Waals surface area contributed by atoms with Crippen molar-refractivity contribution in [3.8, 4) is 0 Å². The molecule has 0 aliphatic carbocycles. The number of hydrogen-bond donors (Lipinski definition) is 0. The summed E-state index contributed by atoms with van der Waals surface area (Å²) in [6.45, 7) is 1.07. The molecule has 2 aliphatic rings. The molecule has 3 heteroatoms. The Morgan fingerprint density at radius 1 is 1.33 bits per heavy atom. The van der Waals surface area contributed by atoms with Gasteiger partial charge < -0.3 is 0 Å². The summed E-state index contributed by atoms with van der Waals surface area (Å²) in [4.78, 5) is 13.6. The van der Waals surface area contributed by atoms with Gasteiger partial charge in [0.05, 0.1) is 0 Å². The maximum absolute atomic E-state index is 11.4. The van der Waals surface area contributed by atoms with Gasteiger partial charge in [-0.05, 0) is 0 Å². The molecule has 12 heavy (non-hydrogen) atoms. The standard InChI is InChI=1S/C9H15NO.Po/c1-2-3-4-7-10-8-5-6-9(10)11;/h7H,1-6,8H2;. The van der Waals surface area contributed by atoms with Gasteiger partial charge in [-0.1, -0.05) is 0 Å². The Hall–Kier alpha value is 0.366. The predicted molar refractivity (Wildman–Crippen MR) is 49.1 cm³/mol. The average molecular weight is 362 g/mol. The molecule has 0 saturated carbocycles. The van der Waals surface area contributed by atoms with Gasteiger partial charge in [-0.3, -0.25) is 0 Å². The quantitative estimate of drug-likeness (QED) is 0.688. The van der Waals surface area contributed by atoms with Crippen molar-refractivity contribution in [3.63, 3.8) is 0 Å². The van der Waals surface area contributed by atoms with E-state index in [0.29, 0.717) is 5.91 Å². The van der Waals surface area contributed by atoms with E-state index in [-0.39, 0.29) is 23.6 Å². The first-order chi connectivity index (χ1) is 5.88. The minimum absolute atomic E-state index is 0.172. The summed E-state index contributed by atoms with van der Waals surface area (Å²) < 4.78 is 2.27. The van der Waals surface area contributed by atoms with Gasteiger partial charge in [0.2, 0.25) is 0 Å².